The van der Waals surface area contributed by atoms with Crippen molar-refractivity contribution in [1.82, 2.24) is 25.6 Å². The smallest absolute Gasteiger partial charge is 0.251 e. The number of piperidine rings is 1. The van der Waals surface area contributed by atoms with E-state index in [0.717, 1.165) is 55.8 Å². The predicted molar refractivity (Wildman–Crippen MR) is 121 cm³/mol. The van der Waals surface area contributed by atoms with Gasteiger partial charge >= 0.3 is 0 Å². The Labute approximate surface area is 182 Å². The number of rotatable bonds is 5. The number of aromatic amines is 1. The normalized spacial score (nSPS) is 19.5. The van der Waals surface area contributed by atoms with Gasteiger partial charge in [0, 0.05) is 37.1 Å². The third kappa shape index (κ3) is 4.46. The first kappa shape index (κ1) is 19.8. The van der Waals surface area contributed by atoms with Crippen molar-refractivity contribution in [2.45, 2.75) is 31.2 Å². The van der Waals surface area contributed by atoms with Crippen molar-refractivity contribution in [3.8, 4) is 11.4 Å². The molecule has 7 nitrogen and oxygen atoms in total. The van der Waals surface area contributed by atoms with Crippen LogP contribution in [-0.2, 0) is 0 Å². The van der Waals surface area contributed by atoms with E-state index >= 15 is 0 Å². The van der Waals surface area contributed by atoms with E-state index in [1.54, 1.807) is 6.20 Å². The van der Waals surface area contributed by atoms with Crippen molar-refractivity contribution in [2.75, 3.05) is 31.1 Å². The number of amides is 1. The molecular weight excluding hydrogens is 388 g/mol. The van der Waals surface area contributed by atoms with Crippen LogP contribution in [0.1, 0.15) is 41.1 Å². The van der Waals surface area contributed by atoms with Crippen molar-refractivity contribution < 1.29 is 4.79 Å². The monoisotopic (exact) mass is 416 g/mol. The highest BCUT2D eigenvalue weighted by Crippen LogP contribution is 2.25. The first-order valence-electron chi connectivity index (χ1n) is 11.1. The molecule has 1 atom stereocenters. The molecule has 3 N–H and O–H groups in total. The number of benzene rings is 1. The van der Waals surface area contributed by atoms with Crippen LogP contribution in [0.25, 0.3) is 11.4 Å². The van der Waals surface area contributed by atoms with Crippen LogP contribution in [0.4, 0.5) is 5.95 Å². The van der Waals surface area contributed by atoms with Gasteiger partial charge in [0.25, 0.3) is 5.91 Å². The first-order chi connectivity index (χ1) is 15.3. The van der Waals surface area contributed by atoms with E-state index in [1.807, 2.05) is 36.5 Å². The lowest BCUT2D eigenvalue weighted by molar-refractivity contribution is 0.0940. The van der Waals surface area contributed by atoms with Crippen molar-refractivity contribution in [3.63, 3.8) is 0 Å². The van der Waals surface area contributed by atoms with Gasteiger partial charge in [0.2, 0.25) is 5.95 Å². The number of anilines is 1. The van der Waals surface area contributed by atoms with E-state index in [4.69, 9.17) is 0 Å². The second-order valence-electron chi connectivity index (χ2n) is 8.38. The molecule has 1 unspecified atom stereocenters. The molecule has 31 heavy (non-hydrogen) atoms. The van der Waals surface area contributed by atoms with E-state index in [1.165, 1.54) is 5.56 Å². The van der Waals surface area contributed by atoms with Crippen molar-refractivity contribution >= 4 is 11.9 Å². The molecule has 1 aromatic carbocycles. The molecule has 4 heterocycles. The minimum Gasteiger partial charge on any atom is -0.360 e. The maximum Gasteiger partial charge on any atom is 0.251 e. The van der Waals surface area contributed by atoms with E-state index in [-0.39, 0.29) is 11.9 Å². The number of carbonyl (C=O) groups is 1. The third-order valence-corrected chi connectivity index (χ3v) is 6.31. The zero-order chi connectivity index (χ0) is 21.0. The summed E-state index contributed by atoms with van der Waals surface area (Å²) >= 11 is 0. The van der Waals surface area contributed by atoms with Crippen LogP contribution >= 0.6 is 0 Å². The zero-order valence-electron chi connectivity index (χ0n) is 17.6. The molecule has 2 saturated heterocycles. The van der Waals surface area contributed by atoms with Gasteiger partial charge in [-0.3, -0.25) is 4.79 Å². The number of nitrogens with zero attached hydrogens (tertiary/aromatic N) is 3. The molecular formula is C24H28N6O. The summed E-state index contributed by atoms with van der Waals surface area (Å²) in [6.45, 7) is 3.69. The van der Waals surface area contributed by atoms with Gasteiger partial charge < -0.3 is 20.5 Å². The highest BCUT2D eigenvalue weighted by Gasteiger charge is 2.26. The van der Waals surface area contributed by atoms with Gasteiger partial charge in [0.05, 0.1) is 11.4 Å². The largest absolute Gasteiger partial charge is 0.360 e. The fourth-order valence-electron chi connectivity index (χ4n) is 4.53. The minimum atomic E-state index is -0.00948. The lowest BCUT2D eigenvalue weighted by Gasteiger charge is -2.23. The standard InChI is InChI=1S/C24H28N6O/c31-23(19-5-3-17(4-6-19)18-7-12-25-13-8-18)28-20-10-15-30(16-20)24-27-14-9-22(29-24)21-2-1-11-26-21/h1-6,9,11,14,18,20,25-26H,7-8,10,12-13,15-16H2,(H,28,31). The summed E-state index contributed by atoms with van der Waals surface area (Å²) in [6, 6.07) is 14.1. The Morgan fingerprint density at radius 1 is 1.06 bits per heavy atom. The number of H-pyrrole nitrogens is 1. The molecule has 7 heteroatoms. The van der Waals surface area contributed by atoms with Gasteiger partial charge in [-0.2, -0.15) is 0 Å². The molecule has 5 rings (SSSR count). The van der Waals surface area contributed by atoms with Crippen molar-refractivity contribution in [3.05, 3.63) is 66.0 Å². The Bertz CT molecular complexity index is 1010. The lowest BCUT2D eigenvalue weighted by atomic mass is 9.90. The quantitative estimate of drug-likeness (QED) is 0.595. The molecule has 160 valence electrons. The van der Waals surface area contributed by atoms with Gasteiger partial charge in [-0.05, 0) is 74.2 Å². The van der Waals surface area contributed by atoms with Gasteiger partial charge in [-0.15, -0.1) is 0 Å². The van der Waals surface area contributed by atoms with Crippen LogP contribution in [-0.4, -0.2) is 53.1 Å². The van der Waals surface area contributed by atoms with Crippen LogP contribution in [0.3, 0.4) is 0 Å². The maximum atomic E-state index is 12.8. The molecule has 0 bridgehead atoms. The fraction of sp³-hybridized carbons (Fsp3) is 0.375. The molecule has 0 spiro atoms. The third-order valence-electron chi connectivity index (χ3n) is 6.31. The Morgan fingerprint density at radius 2 is 1.90 bits per heavy atom. The Morgan fingerprint density at radius 3 is 2.68 bits per heavy atom. The molecule has 2 fully saturated rings. The maximum absolute atomic E-state index is 12.8. The molecule has 2 aromatic heterocycles. The zero-order valence-corrected chi connectivity index (χ0v) is 17.6. The van der Waals surface area contributed by atoms with E-state index in [9.17, 15) is 4.79 Å². The highest BCUT2D eigenvalue weighted by molar-refractivity contribution is 5.94. The molecule has 0 radical (unpaired) electrons. The Hall–Kier alpha value is -3.19. The van der Waals surface area contributed by atoms with Gasteiger partial charge in [-0.25, -0.2) is 9.97 Å². The molecule has 1 amide bonds. The predicted octanol–water partition coefficient (Wildman–Crippen LogP) is 2.95. The van der Waals surface area contributed by atoms with E-state index in [2.05, 4.69) is 42.6 Å². The number of hydrogen-bond acceptors (Lipinski definition) is 5. The summed E-state index contributed by atoms with van der Waals surface area (Å²) in [5.41, 5.74) is 3.90. The summed E-state index contributed by atoms with van der Waals surface area (Å²) in [6.07, 6.45) is 6.88. The Kier molecular flexibility index (Phi) is 5.67. The van der Waals surface area contributed by atoms with Crippen molar-refractivity contribution in [1.29, 1.82) is 0 Å². The molecule has 2 aliphatic rings. The summed E-state index contributed by atoms with van der Waals surface area (Å²) in [4.78, 5) is 27.2. The second-order valence-corrected chi connectivity index (χ2v) is 8.38. The second kappa shape index (κ2) is 8.89. The molecule has 2 aliphatic heterocycles. The van der Waals surface area contributed by atoms with Crippen LogP contribution in [0, 0.1) is 0 Å². The number of nitrogens with one attached hydrogen (secondary N) is 3. The Balaban J connectivity index is 1.19. The van der Waals surface area contributed by atoms with Crippen LogP contribution in [0.2, 0.25) is 0 Å². The van der Waals surface area contributed by atoms with Crippen LogP contribution in [0.5, 0.6) is 0 Å². The summed E-state index contributed by atoms with van der Waals surface area (Å²) in [5, 5.41) is 6.59. The van der Waals surface area contributed by atoms with Crippen LogP contribution < -0.4 is 15.5 Å². The van der Waals surface area contributed by atoms with Gasteiger partial charge in [0.1, 0.15) is 0 Å². The number of hydrogen-bond donors (Lipinski definition) is 3. The van der Waals surface area contributed by atoms with E-state index in [0.29, 0.717) is 18.4 Å². The molecule has 3 aromatic rings. The first-order valence-corrected chi connectivity index (χ1v) is 11.1. The number of aromatic nitrogens is 3. The summed E-state index contributed by atoms with van der Waals surface area (Å²) in [5.74, 6) is 1.29. The number of carbonyl (C=O) groups excluding carboxylic acids is 1. The summed E-state index contributed by atoms with van der Waals surface area (Å²) < 4.78 is 0. The topological polar surface area (TPSA) is 85.9 Å². The van der Waals surface area contributed by atoms with Crippen molar-refractivity contribution in [2.24, 2.45) is 0 Å². The average molecular weight is 417 g/mol. The fourth-order valence-corrected chi connectivity index (χ4v) is 4.53. The average Bonchev–Trinajstić information content (AvgIpc) is 3.53. The van der Waals surface area contributed by atoms with Gasteiger partial charge in [-0.1, -0.05) is 12.1 Å². The van der Waals surface area contributed by atoms with E-state index < -0.39 is 0 Å². The summed E-state index contributed by atoms with van der Waals surface area (Å²) in [7, 11) is 0. The minimum absolute atomic E-state index is 0.00948. The molecule has 0 saturated carbocycles. The lowest BCUT2D eigenvalue weighted by Crippen LogP contribution is -2.37. The van der Waals surface area contributed by atoms with Gasteiger partial charge in [0.15, 0.2) is 0 Å². The SMILES string of the molecule is O=C(NC1CCN(c2nccc(-c3ccc[nH]3)n2)C1)c1ccc(C2CCNCC2)cc1. The highest BCUT2D eigenvalue weighted by atomic mass is 16.1. The van der Waals surface area contributed by atoms with Crippen LogP contribution in [0.15, 0.2) is 54.9 Å². The molecule has 0 aliphatic carbocycles.